The van der Waals surface area contributed by atoms with Crippen LogP contribution >= 0.6 is 11.6 Å². The second kappa shape index (κ2) is 8.16. The van der Waals surface area contributed by atoms with Crippen LogP contribution in [-0.2, 0) is 11.8 Å². The molecule has 0 aliphatic carbocycles. The molecule has 3 N–H and O–H groups in total. The number of anilines is 1. The van der Waals surface area contributed by atoms with E-state index in [2.05, 4.69) is 10.6 Å². The zero-order valence-corrected chi connectivity index (χ0v) is 17.3. The normalized spacial score (nSPS) is 11.2. The van der Waals surface area contributed by atoms with Gasteiger partial charge in [0, 0.05) is 23.5 Å². The van der Waals surface area contributed by atoms with E-state index in [1.54, 1.807) is 59.0 Å². The summed E-state index contributed by atoms with van der Waals surface area (Å²) < 4.78 is 1.52. The molecule has 2 aromatic rings. The van der Waals surface area contributed by atoms with Crippen LogP contribution in [0.15, 0.2) is 24.3 Å². The Morgan fingerprint density at radius 2 is 1.86 bits per heavy atom. The van der Waals surface area contributed by atoms with Gasteiger partial charge in [0.25, 0.3) is 17.6 Å². The average molecular weight is 406 g/mol. The van der Waals surface area contributed by atoms with Crippen molar-refractivity contribution < 1.29 is 19.5 Å². The number of amides is 2. The molecule has 28 heavy (non-hydrogen) atoms. The van der Waals surface area contributed by atoms with E-state index in [0.717, 1.165) is 0 Å². The monoisotopic (exact) mass is 405 g/mol. The summed E-state index contributed by atoms with van der Waals surface area (Å²) in [7, 11) is 1.62. The molecule has 0 aliphatic heterocycles. The standard InChI is InChI=1S/C20H24ClN3O4/c1-11-15(18(27)22-14-8-6-7-13(21)9-14)12(2)24(5)16(11)17(26)19(28)23-20(3,4)10-25/h6-9,25H,10H2,1-5H3,(H,22,27)(H,23,28). The van der Waals surface area contributed by atoms with Gasteiger partial charge < -0.3 is 20.3 Å². The van der Waals surface area contributed by atoms with Gasteiger partial charge in [-0.05, 0) is 51.5 Å². The Bertz CT molecular complexity index is 947. The summed E-state index contributed by atoms with van der Waals surface area (Å²) >= 11 is 5.94. The molecule has 1 aromatic carbocycles. The predicted molar refractivity (Wildman–Crippen MR) is 108 cm³/mol. The van der Waals surface area contributed by atoms with Crippen LogP contribution in [0.25, 0.3) is 0 Å². The highest BCUT2D eigenvalue weighted by molar-refractivity contribution is 6.43. The van der Waals surface area contributed by atoms with Gasteiger partial charge in [-0.3, -0.25) is 14.4 Å². The maximum absolute atomic E-state index is 12.8. The number of rotatable bonds is 6. The molecule has 2 rings (SSSR count). The van der Waals surface area contributed by atoms with E-state index < -0.39 is 23.1 Å². The third kappa shape index (κ3) is 4.43. The summed E-state index contributed by atoms with van der Waals surface area (Å²) in [5, 5.41) is 15.0. The molecular formula is C20H24ClN3O4. The van der Waals surface area contributed by atoms with Crippen molar-refractivity contribution >= 4 is 34.9 Å². The van der Waals surface area contributed by atoms with Crippen LogP contribution < -0.4 is 10.6 Å². The zero-order chi connectivity index (χ0) is 21.2. The summed E-state index contributed by atoms with van der Waals surface area (Å²) in [5.74, 6) is -2.01. The van der Waals surface area contributed by atoms with Crippen LogP contribution in [0.4, 0.5) is 5.69 Å². The number of nitrogens with zero attached hydrogens (tertiary/aromatic N) is 1. The van der Waals surface area contributed by atoms with Crippen LogP contribution in [0.1, 0.15) is 46.0 Å². The predicted octanol–water partition coefficient (Wildman–Crippen LogP) is 2.62. The van der Waals surface area contributed by atoms with Crippen molar-refractivity contribution in [3.05, 3.63) is 51.8 Å². The maximum atomic E-state index is 12.8. The number of nitrogens with one attached hydrogen (secondary N) is 2. The number of carbonyl (C=O) groups is 3. The second-order valence-corrected chi connectivity index (χ2v) is 7.72. The SMILES string of the molecule is Cc1c(C(=O)Nc2cccc(Cl)c2)c(C)n(C)c1C(=O)C(=O)NC(C)(C)CO. The quantitative estimate of drug-likeness (QED) is 0.508. The second-order valence-electron chi connectivity index (χ2n) is 7.28. The van der Waals surface area contributed by atoms with E-state index in [4.69, 9.17) is 11.6 Å². The smallest absolute Gasteiger partial charge is 0.294 e. The Hall–Kier alpha value is -2.64. The first-order valence-electron chi connectivity index (χ1n) is 8.69. The number of aromatic nitrogens is 1. The van der Waals surface area contributed by atoms with Crippen LogP contribution in [0.2, 0.25) is 5.02 Å². The first-order chi connectivity index (χ1) is 13.0. The summed E-state index contributed by atoms with van der Waals surface area (Å²) in [5.41, 5.74) is 0.986. The number of ketones is 1. The first-order valence-corrected chi connectivity index (χ1v) is 9.06. The molecule has 8 heteroatoms. The third-order valence-electron chi connectivity index (χ3n) is 4.51. The lowest BCUT2D eigenvalue weighted by molar-refractivity contribution is -0.119. The van der Waals surface area contributed by atoms with Crippen molar-refractivity contribution in [3.8, 4) is 0 Å². The highest BCUT2D eigenvalue weighted by Gasteiger charge is 2.31. The highest BCUT2D eigenvalue weighted by Crippen LogP contribution is 2.24. The first kappa shape index (κ1) is 21.7. The van der Waals surface area contributed by atoms with Gasteiger partial charge in [0.05, 0.1) is 23.4 Å². The number of halogens is 1. The Labute approximate surface area is 168 Å². The number of hydrogen-bond acceptors (Lipinski definition) is 4. The Kier molecular flexibility index (Phi) is 6.31. The summed E-state index contributed by atoms with van der Waals surface area (Å²) in [6, 6.07) is 6.72. The number of hydrogen-bond donors (Lipinski definition) is 3. The van der Waals surface area contributed by atoms with Crippen LogP contribution in [0, 0.1) is 13.8 Å². The van der Waals surface area contributed by atoms with E-state index in [1.165, 1.54) is 4.57 Å². The molecule has 0 saturated heterocycles. The lowest BCUT2D eigenvalue weighted by Gasteiger charge is -2.23. The fourth-order valence-electron chi connectivity index (χ4n) is 2.90. The summed E-state index contributed by atoms with van der Waals surface area (Å²) in [6.07, 6.45) is 0. The van der Waals surface area contributed by atoms with Gasteiger partial charge in [0.1, 0.15) is 0 Å². The lowest BCUT2D eigenvalue weighted by atomic mass is 10.0. The van der Waals surface area contributed by atoms with Crippen molar-refractivity contribution in [2.45, 2.75) is 33.2 Å². The van der Waals surface area contributed by atoms with E-state index in [1.807, 2.05) is 0 Å². The van der Waals surface area contributed by atoms with Gasteiger partial charge in [-0.15, -0.1) is 0 Å². The zero-order valence-electron chi connectivity index (χ0n) is 16.5. The largest absolute Gasteiger partial charge is 0.394 e. The molecule has 1 aromatic heterocycles. The minimum Gasteiger partial charge on any atom is -0.394 e. The number of aliphatic hydroxyl groups excluding tert-OH is 1. The molecule has 0 atom stereocenters. The fourth-order valence-corrected chi connectivity index (χ4v) is 3.10. The number of benzene rings is 1. The van der Waals surface area contributed by atoms with Crippen molar-refractivity contribution in [2.24, 2.45) is 7.05 Å². The molecule has 1 heterocycles. The van der Waals surface area contributed by atoms with Crippen molar-refractivity contribution in [3.63, 3.8) is 0 Å². The van der Waals surface area contributed by atoms with Crippen molar-refractivity contribution in [1.29, 1.82) is 0 Å². The number of aliphatic hydroxyl groups is 1. The number of carbonyl (C=O) groups excluding carboxylic acids is 3. The Morgan fingerprint density at radius 3 is 2.43 bits per heavy atom. The van der Waals surface area contributed by atoms with Crippen LogP contribution in [-0.4, -0.2) is 39.4 Å². The minimum atomic E-state index is -0.937. The van der Waals surface area contributed by atoms with E-state index in [9.17, 15) is 19.5 Å². The van der Waals surface area contributed by atoms with E-state index in [-0.39, 0.29) is 12.3 Å². The molecule has 0 unspecified atom stereocenters. The van der Waals surface area contributed by atoms with Crippen molar-refractivity contribution in [2.75, 3.05) is 11.9 Å². The Morgan fingerprint density at radius 1 is 1.21 bits per heavy atom. The van der Waals surface area contributed by atoms with Gasteiger partial charge in [-0.1, -0.05) is 17.7 Å². The molecule has 0 spiro atoms. The van der Waals surface area contributed by atoms with Gasteiger partial charge in [-0.2, -0.15) is 0 Å². The van der Waals surface area contributed by atoms with E-state index >= 15 is 0 Å². The molecule has 0 radical (unpaired) electrons. The average Bonchev–Trinajstić information content (AvgIpc) is 2.83. The fraction of sp³-hybridized carbons (Fsp3) is 0.350. The van der Waals surface area contributed by atoms with Crippen LogP contribution in [0.3, 0.4) is 0 Å². The van der Waals surface area contributed by atoms with Gasteiger partial charge in [0.2, 0.25) is 0 Å². The molecule has 2 amide bonds. The van der Waals surface area contributed by atoms with Gasteiger partial charge in [-0.25, -0.2) is 0 Å². The molecular weight excluding hydrogens is 382 g/mol. The summed E-state index contributed by atoms with van der Waals surface area (Å²) in [4.78, 5) is 37.8. The minimum absolute atomic E-state index is 0.125. The van der Waals surface area contributed by atoms with Gasteiger partial charge in [0.15, 0.2) is 0 Å². The van der Waals surface area contributed by atoms with Crippen molar-refractivity contribution in [1.82, 2.24) is 9.88 Å². The highest BCUT2D eigenvalue weighted by atomic mass is 35.5. The maximum Gasteiger partial charge on any atom is 0.294 e. The van der Waals surface area contributed by atoms with E-state index in [0.29, 0.717) is 27.5 Å². The van der Waals surface area contributed by atoms with Gasteiger partial charge >= 0.3 is 0 Å². The molecule has 0 bridgehead atoms. The van der Waals surface area contributed by atoms with Crippen LogP contribution in [0.5, 0.6) is 0 Å². The molecule has 0 fully saturated rings. The summed E-state index contributed by atoms with van der Waals surface area (Å²) in [6.45, 7) is 6.21. The Balaban J connectivity index is 2.36. The number of Topliss-reactive ketones (excluding diaryl/α,β-unsaturated/α-hetero) is 1. The topological polar surface area (TPSA) is 100 Å². The molecule has 0 saturated carbocycles. The molecule has 0 aliphatic rings. The molecule has 150 valence electrons. The lowest BCUT2D eigenvalue weighted by Crippen LogP contribution is -2.49. The molecule has 7 nitrogen and oxygen atoms in total. The third-order valence-corrected chi connectivity index (χ3v) is 4.74.